The zero-order valence-electron chi connectivity index (χ0n) is 13.8. The van der Waals surface area contributed by atoms with Crippen molar-refractivity contribution in [3.63, 3.8) is 0 Å². The zero-order chi connectivity index (χ0) is 15.6. The van der Waals surface area contributed by atoms with Gasteiger partial charge in [-0.05, 0) is 31.5 Å². The number of likely N-dealkylation sites (N-methyl/N-ethyl adjacent to an activating group) is 1. The zero-order valence-corrected chi connectivity index (χ0v) is 13.8. The lowest BCUT2D eigenvalue weighted by atomic mass is 10.2. The van der Waals surface area contributed by atoms with Crippen LogP contribution in [0.15, 0.2) is 54.7 Å². The Hall–Kier alpha value is -1.71. The van der Waals surface area contributed by atoms with E-state index in [0.717, 1.165) is 25.3 Å². The predicted molar refractivity (Wildman–Crippen MR) is 91.7 cm³/mol. The Balaban J connectivity index is 1.99. The van der Waals surface area contributed by atoms with Gasteiger partial charge in [0.1, 0.15) is 0 Å². The van der Waals surface area contributed by atoms with E-state index in [1.807, 2.05) is 12.3 Å². The number of benzene rings is 1. The predicted octanol–water partition coefficient (Wildman–Crippen LogP) is 2.01. The van der Waals surface area contributed by atoms with E-state index in [1.165, 1.54) is 25.2 Å². The minimum Gasteiger partial charge on any atom is -0.334 e. The van der Waals surface area contributed by atoms with Crippen LogP contribution in [0.5, 0.6) is 0 Å². The first-order valence-corrected chi connectivity index (χ1v) is 8.31. The molecular weight excluding hydrogens is 270 g/mol. The summed E-state index contributed by atoms with van der Waals surface area (Å²) < 4.78 is 0. The van der Waals surface area contributed by atoms with Crippen LogP contribution in [0.4, 0.5) is 0 Å². The Morgan fingerprint density at radius 1 is 0.909 bits per heavy atom. The van der Waals surface area contributed by atoms with E-state index < -0.39 is 0 Å². The van der Waals surface area contributed by atoms with Gasteiger partial charge in [0.2, 0.25) is 0 Å². The largest absolute Gasteiger partial charge is 0.334 e. The van der Waals surface area contributed by atoms with Gasteiger partial charge >= 0.3 is 0 Å². The molecule has 0 saturated heterocycles. The Kier molecular flexibility index (Phi) is 7.07. The summed E-state index contributed by atoms with van der Waals surface area (Å²) in [5.41, 5.74) is 2.51. The van der Waals surface area contributed by atoms with E-state index in [-0.39, 0.29) is 0 Å². The Bertz CT molecular complexity index is 467. The molecule has 0 fully saturated rings. The summed E-state index contributed by atoms with van der Waals surface area (Å²) in [6, 6.07) is 16.9. The van der Waals surface area contributed by atoms with Gasteiger partial charge in [0.15, 0.2) is 0 Å². The average molecular weight is 298 g/mol. The molecule has 3 nitrogen and oxygen atoms in total. The molecule has 118 valence electrons. The van der Waals surface area contributed by atoms with Gasteiger partial charge in [-0.1, -0.05) is 36.4 Å². The molecule has 0 saturated carbocycles. The molecule has 22 heavy (non-hydrogen) atoms. The van der Waals surface area contributed by atoms with E-state index in [9.17, 15) is 0 Å². The maximum absolute atomic E-state index is 4.48. The van der Waals surface area contributed by atoms with E-state index in [4.69, 9.17) is 0 Å². The third-order valence-corrected chi connectivity index (χ3v) is 4.14. The number of nitrogens with zero attached hydrogens (tertiary/aromatic N) is 2. The molecule has 0 aliphatic heterocycles. The number of nitrogens with one attached hydrogen (secondary N) is 1. The Morgan fingerprint density at radius 2 is 1.64 bits per heavy atom. The minimum atomic E-state index is 0.913. The van der Waals surface area contributed by atoms with Gasteiger partial charge in [-0.2, -0.15) is 0 Å². The highest BCUT2D eigenvalue weighted by atomic mass is 15.2. The van der Waals surface area contributed by atoms with Crippen molar-refractivity contribution in [2.24, 2.45) is 0 Å². The first-order valence-electron chi connectivity index (χ1n) is 8.31. The molecule has 1 N–H and O–H groups in total. The lowest BCUT2D eigenvalue weighted by molar-refractivity contribution is -0.895. The minimum absolute atomic E-state index is 0.913. The van der Waals surface area contributed by atoms with Crippen LogP contribution in [0.2, 0.25) is 0 Å². The molecule has 2 rings (SSSR count). The normalized spacial score (nSPS) is 11.3. The van der Waals surface area contributed by atoms with Crippen LogP contribution in [0.25, 0.3) is 0 Å². The summed E-state index contributed by atoms with van der Waals surface area (Å²) in [5.74, 6) is 0. The fourth-order valence-corrected chi connectivity index (χ4v) is 2.70. The van der Waals surface area contributed by atoms with Crippen LogP contribution in [0.1, 0.15) is 25.1 Å². The molecule has 1 aromatic carbocycles. The first-order chi connectivity index (χ1) is 10.8. The summed E-state index contributed by atoms with van der Waals surface area (Å²) in [7, 11) is 0. The highest BCUT2D eigenvalue weighted by Gasteiger charge is 2.11. The van der Waals surface area contributed by atoms with Gasteiger partial charge in [-0.25, -0.2) is 0 Å². The number of quaternary nitrogens is 1. The molecule has 0 atom stereocenters. The standard InChI is InChI=1S/C19H27N3/c1-3-21(4-2)14-15-22(16-18-10-6-5-7-11-18)17-19-12-8-9-13-20-19/h5-13H,3-4,14-17H2,1-2H3/p+1. The Labute approximate surface area is 134 Å². The number of rotatable bonds is 9. The molecule has 2 aromatic rings. The monoisotopic (exact) mass is 298 g/mol. The average Bonchev–Trinajstić information content (AvgIpc) is 2.57. The van der Waals surface area contributed by atoms with Crippen LogP contribution in [0, 0.1) is 0 Å². The lowest BCUT2D eigenvalue weighted by Crippen LogP contribution is -3.12. The molecule has 1 aromatic heterocycles. The van der Waals surface area contributed by atoms with Gasteiger partial charge in [0.25, 0.3) is 0 Å². The topological polar surface area (TPSA) is 20.6 Å². The number of hydrogen-bond acceptors (Lipinski definition) is 2. The highest BCUT2D eigenvalue weighted by Crippen LogP contribution is 2.07. The SMILES string of the molecule is CC[NH+](CC)CCN(Cc1ccccc1)Cc1ccccn1. The van der Waals surface area contributed by atoms with Crippen molar-refractivity contribution in [1.82, 2.24) is 9.88 Å². The number of hydrogen-bond donors (Lipinski definition) is 1. The second kappa shape index (κ2) is 9.34. The van der Waals surface area contributed by atoms with Gasteiger partial charge in [0.05, 0.1) is 25.3 Å². The molecule has 0 spiro atoms. The smallest absolute Gasteiger partial charge is 0.0900 e. The van der Waals surface area contributed by atoms with Crippen LogP contribution in [-0.2, 0) is 13.1 Å². The van der Waals surface area contributed by atoms with Crippen molar-refractivity contribution in [3.8, 4) is 0 Å². The lowest BCUT2D eigenvalue weighted by Gasteiger charge is -2.24. The van der Waals surface area contributed by atoms with Crippen LogP contribution in [0.3, 0.4) is 0 Å². The van der Waals surface area contributed by atoms with Gasteiger partial charge in [-0.3, -0.25) is 9.88 Å². The van der Waals surface area contributed by atoms with E-state index in [2.05, 4.69) is 66.2 Å². The maximum atomic E-state index is 4.48. The second-order valence-electron chi connectivity index (χ2n) is 5.72. The molecule has 0 aliphatic carbocycles. The van der Waals surface area contributed by atoms with E-state index >= 15 is 0 Å². The molecule has 0 aliphatic rings. The molecule has 0 bridgehead atoms. The molecule has 0 amide bonds. The molecule has 1 heterocycles. The van der Waals surface area contributed by atoms with Crippen LogP contribution in [-0.4, -0.2) is 36.1 Å². The quantitative estimate of drug-likeness (QED) is 0.764. The molecular formula is C19H28N3+. The van der Waals surface area contributed by atoms with Crippen molar-refractivity contribution < 1.29 is 4.90 Å². The van der Waals surface area contributed by atoms with Crippen molar-refractivity contribution in [2.75, 3.05) is 26.2 Å². The number of pyridine rings is 1. The third kappa shape index (κ3) is 5.58. The Morgan fingerprint density at radius 3 is 2.27 bits per heavy atom. The van der Waals surface area contributed by atoms with Crippen molar-refractivity contribution in [2.45, 2.75) is 26.9 Å². The van der Waals surface area contributed by atoms with E-state index in [1.54, 1.807) is 4.90 Å². The first kappa shape index (κ1) is 16.7. The molecule has 3 heteroatoms. The van der Waals surface area contributed by atoms with E-state index in [0.29, 0.717) is 0 Å². The van der Waals surface area contributed by atoms with Crippen molar-refractivity contribution >= 4 is 0 Å². The molecule has 0 unspecified atom stereocenters. The summed E-state index contributed by atoms with van der Waals surface area (Å²) in [4.78, 5) is 8.63. The summed E-state index contributed by atoms with van der Waals surface area (Å²) >= 11 is 0. The summed E-state index contributed by atoms with van der Waals surface area (Å²) in [5, 5.41) is 0. The van der Waals surface area contributed by atoms with Crippen molar-refractivity contribution in [3.05, 3.63) is 66.0 Å². The fourth-order valence-electron chi connectivity index (χ4n) is 2.70. The summed E-state index contributed by atoms with van der Waals surface area (Å²) in [6.45, 7) is 11.1. The van der Waals surface area contributed by atoms with Crippen LogP contribution < -0.4 is 4.90 Å². The van der Waals surface area contributed by atoms with Gasteiger partial charge < -0.3 is 4.90 Å². The van der Waals surface area contributed by atoms with Crippen molar-refractivity contribution in [1.29, 1.82) is 0 Å². The second-order valence-corrected chi connectivity index (χ2v) is 5.72. The summed E-state index contributed by atoms with van der Waals surface area (Å²) in [6.07, 6.45) is 1.88. The molecule has 0 radical (unpaired) electrons. The third-order valence-electron chi connectivity index (χ3n) is 4.14. The van der Waals surface area contributed by atoms with Gasteiger partial charge in [0, 0.05) is 25.8 Å². The van der Waals surface area contributed by atoms with Crippen LogP contribution >= 0.6 is 0 Å². The maximum Gasteiger partial charge on any atom is 0.0900 e. The fraction of sp³-hybridized carbons (Fsp3) is 0.421. The highest BCUT2D eigenvalue weighted by molar-refractivity contribution is 5.14. The number of aromatic nitrogens is 1. The van der Waals surface area contributed by atoms with Gasteiger partial charge in [-0.15, -0.1) is 0 Å².